The highest BCUT2D eigenvalue weighted by atomic mass is 15.4. The number of piperidine rings is 1. The number of hydrogen-bond acceptors (Lipinski definition) is 7. The number of rotatable bonds is 23. The van der Waals surface area contributed by atoms with Crippen LogP contribution >= 0.6 is 0 Å². The van der Waals surface area contributed by atoms with E-state index in [-0.39, 0.29) is 11.1 Å². The molecule has 1 aromatic heterocycles. The summed E-state index contributed by atoms with van der Waals surface area (Å²) in [5.41, 5.74) is 0.125. The van der Waals surface area contributed by atoms with Crippen molar-refractivity contribution in [3.63, 3.8) is 0 Å². The van der Waals surface area contributed by atoms with Crippen LogP contribution in [0.5, 0.6) is 0 Å². The predicted molar refractivity (Wildman–Crippen MR) is 189 cm³/mol. The van der Waals surface area contributed by atoms with Gasteiger partial charge in [0.25, 0.3) is 0 Å². The van der Waals surface area contributed by atoms with E-state index in [9.17, 15) is 0 Å². The fourth-order valence-electron chi connectivity index (χ4n) is 6.77. The Balaban J connectivity index is 2.60. The van der Waals surface area contributed by atoms with Crippen molar-refractivity contribution in [2.24, 2.45) is 0 Å². The van der Waals surface area contributed by atoms with Crippen molar-refractivity contribution < 1.29 is 0 Å². The molecule has 7 nitrogen and oxygen atoms in total. The Hall–Kier alpha value is -1.63. The maximum atomic E-state index is 5.36. The van der Waals surface area contributed by atoms with Gasteiger partial charge in [-0.1, -0.05) is 92.4 Å². The summed E-state index contributed by atoms with van der Waals surface area (Å²) in [5, 5.41) is 3.91. The summed E-state index contributed by atoms with van der Waals surface area (Å²) in [6, 6.07) is 0.393. The molecule has 250 valence electrons. The lowest BCUT2D eigenvalue weighted by molar-refractivity contribution is 0.157. The van der Waals surface area contributed by atoms with E-state index in [0.29, 0.717) is 6.04 Å². The van der Waals surface area contributed by atoms with Crippen molar-refractivity contribution in [3.05, 3.63) is 0 Å². The fourth-order valence-corrected chi connectivity index (χ4v) is 6.77. The molecule has 0 unspecified atom stereocenters. The Morgan fingerprint density at radius 1 is 0.512 bits per heavy atom. The van der Waals surface area contributed by atoms with Gasteiger partial charge >= 0.3 is 0 Å². The highest BCUT2D eigenvalue weighted by Crippen LogP contribution is 2.34. The van der Waals surface area contributed by atoms with Gasteiger partial charge in [-0.15, -0.1) is 0 Å². The second kappa shape index (κ2) is 19.7. The monoisotopic (exact) mass is 602 g/mol. The molecular weight excluding hydrogens is 530 g/mol. The van der Waals surface area contributed by atoms with E-state index in [2.05, 4.69) is 82.3 Å². The number of nitrogens with one attached hydrogen (secondary N) is 1. The molecule has 0 aromatic carbocycles. The number of unbranched alkanes of at least 4 members (excludes halogenated alkanes) is 9. The minimum absolute atomic E-state index is 0.0626. The van der Waals surface area contributed by atoms with Gasteiger partial charge in [-0.25, -0.2) is 0 Å². The fraction of sp³-hybridized carbons (Fsp3) is 0.917. The molecule has 0 aliphatic carbocycles. The second-order valence-corrected chi connectivity index (χ2v) is 14.5. The van der Waals surface area contributed by atoms with Crippen LogP contribution in [-0.2, 0) is 0 Å². The van der Waals surface area contributed by atoms with Crippen LogP contribution in [0.25, 0.3) is 0 Å². The van der Waals surface area contributed by atoms with Gasteiger partial charge in [-0.3, -0.25) is 0 Å². The minimum atomic E-state index is 0.0626. The van der Waals surface area contributed by atoms with Gasteiger partial charge in [0.2, 0.25) is 17.8 Å². The van der Waals surface area contributed by atoms with Gasteiger partial charge in [-0.2, -0.15) is 15.0 Å². The third-order valence-electron chi connectivity index (χ3n) is 8.91. The first-order valence-electron chi connectivity index (χ1n) is 18.4. The van der Waals surface area contributed by atoms with E-state index in [0.717, 1.165) is 89.1 Å². The van der Waals surface area contributed by atoms with Gasteiger partial charge in [0.05, 0.1) is 0 Å². The quantitative estimate of drug-likeness (QED) is 0.125. The molecule has 0 amide bonds. The molecule has 0 radical (unpaired) electrons. The number of hydrogen-bond donors (Lipinski definition) is 1. The molecule has 1 N–H and O–H groups in total. The summed E-state index contributed by atoms with van der Waals surface area (Å²) >= 11 is 0. The van der Waals surface area contributed by atoms with Gasteiger partial charge in [-0.05, 0) is 72.6 Å². The lowest BCUT2D eigenvalue weighted by atomic mass is 9.79. The SMILES string of the molecule is CCCCCCCCN(c1nc(N(CCCC)CCCC)nc(N(CCCC)CCCC)n1)C1CC(C)(C)NC(C)(C)C1. The summed E-state index contributed by atoms with van der Waals surface area (Å²) < 4.78 is 0. The first kappa shape index (κ1) is 37.6. The van der Waals surface area contributed by atoms with Crippen molar-refractivity contribution in [3.8, 4) is 0 Å². The zero-order chi connectivity index (χ0) is 31.7. The molecule has 7 heteroatoms. The smallest absolute Gasteiger partial charge is 0.232 e. The van der Waals surface area contributed by atoms with Crippen molar-refractivity contribution in [1.29, 1.82) is 0 Å². The summed E-state index contributed by atoms with van der Waals surface area (Å²) in [5.74, 6) is 2.68. The highest BCUT2D eigenvalue weighted by molar-refractivity contribution is 5.47. The highest BCUT2D eigenvalue weighted by Gasteiger charge is 2.41. The lowest BCUT2D eigenvalue weighted by Crippen LogP contribution is -2.62. The molecule has 43 heavy (non-hydrogen) atoms. The third-order valence-corrected chi connectivity index (χ3v) is 8.91. The van der Waals surface area contributed by atoms with Gasteiger partial charge in [0, 0.05) is 49.8 Å². The number of aromatic nitrogens is 3. The number of nitrogens with zero attached hydrogens (tertiary/aromatic N) is 6. The molecule has 1 aliphatic rings. The first-order chi connectivity index (χ1) is 20.6. The zero-order valence-electron chi connectivity index (χ0n) is 30.1. The second-order valence-electron chi connectivity index (χ2n) is 14.5. The molecule has 1 aliphatic heterocycles. The van der Waals surface area contributed by atoms with Crippen LogP contribution in [-0.4, -0.2) is 64.8 Å². The molecule has 1 aromatic rings. The third kappa shape index (κ3) is 13.5. The van der Waals surface area contributed by atoms with E-state index >= 15 is 0 Å². The Labute approximate surface area is 267 Å². The first-order valence-corrected chi connectivity index (χ1v) is 18.4. The maximum Gasteiger partial charge on any atom is 0.232 e. The molecule has 2 rings (SSSR count). The van der Waals surface area contributed by atoms with E-state index in [1.807, 2.05) is 0 Å². The van der Waals surface area contributed by atoms with Gasteiger partial charge in [0.15, 0.2) is 0 Å². The van der Waals surface area contributed by atoms with Crippen molar-refractivity contribution in [1.82, 2.24) is 20.3 Å². The summed E-state index contributed by atoms with van der Waals surface area (Å²) in [6.07, 6.45) is 19.3. The summed E-state index contributed by atoms with van der Waals surface area (Å²) in [4.78, 5) is 23.5. The predicted octanol–water partition coefficient (Wildman–Crippen LogP) is 9.16. The Kier molecular flexibility index (Phi) is 17.2. The molecule has 1 fully saturated rings. The van der Waals surface area contributed by atoms with Crippen molar-refractivity contribution in [2.75, 3.05) is 47.4 Å². The average Bonchev–Trinajstić information content (AvgIpc) is 2.95. The lowest BCUT2D eigenvalue weighted by Gasteiger charge is -2.49. The van der Waals surface area contributed by atoms with Crippen LogP contribution in [0.2, 0.25) is 0 Å². The van der Waals surface area contributed by atoms with Crippen LogP contribution in [0.3, 0.4) is 0 Å². The molecule has 0 bridgehead atoms. The van der Waals surface area contributed by atoms with Crippen molar-refractivity contribution >= 4 is 17.8 Å². The standard InChI is InChI=1S/C36H71N7/c1-10-15-20-21-22-23-28-43(31-29-35(6,7)40-36(8,9)30-31)34-38-32(41(24-16-11-2)25-17-12-3)37-33(39-34)42(26-18-13-4)27-19-14-5/h31,40H,10-30H2,1-9H3. The molecule has 0 atom stereocenters. The maximum absolute atomic E-state index is 5.36. The van der Waals surface area contributed by atoms with Crippen LogP contribution in [0.1, 0.15) is 165 Å². The largest absolute Gasteiger partial charge is 0.341 e. The summed E-state index contributed by atoms with van der Waals surface area (Å²) in [7, 11) is 0. The molecule has 0 spiro atoms. The summed E-state index contributed by atoms with van der Waals surface area (Å²) in [6.45, 7) is 25.9. The van der Waals surface area contributed by atoms with Crippen LogP contribution in [0.4, 0.5) is 17.8 Å². The van der Waals surface area contributed by atoms with E-state index in [1.54, 1.807) is 0 Å². The molecule has 2 heterocycles. The van der Waals surface area contributed by atoms with E-state index in [4.69, 9.17) is 15.0 Å². The molecular formula is C36H71N7. The van der Waals surface area contributed by atoms with Crippen LogP contribution < -0.4 is 20.0 Å². The van der Waals surface area contributed by atoms with Gasteiger partial charge < -0.3 is 20.0 Å². The molecule has 0 saturated carbocycles. The molecule has 1 saturated heterocycles. The van der Waals surface area contributed by atoms with E-state index in [1.165, 1.54) is 64.2 Å². The van der Waals surface area contributed by atoms with Gasteiger partial charge in [0.1, 0.15) is 0 Å². The normalized spacial score (nSPS) is 16.4. The Morgan fingerprint density at radius 3 is 1.30 bits per heavy atom. The van der Waals surface area contributed by atoms with Crippen molar-refractivity contribution in [2.45, 2.75) is 182 Å². The van der Waals surface area contributed by atoms with Crippen LogP contribution in [0.15, 0.2) is 0 Å². The minimum Gasteiger partial charge on any atom is -0.341 e. The zero-order valence-corrected chi connectivity index (χ0v) is 30.1. The van der Waals surface area contributed by atoms with E-state index < -0.39 is 0 Å². The topological polar surface area (TPSA) is 60.4 Å². The average molecular weight is 602 g/mol. The van der Waals surface area contributed by atoms with Crippen LogP contribution in [0, 0.1) is 0 Å². The number of anilines is 3. The Morgan fingerprint density at radius 2 is 0.884 bits per heavy atom. The Bertz CT molecular complexity index is 801.